The number of carbonyl (C=O) groups is 3. The van der Waals surface area contributed by atoms with Crippen LogP contribution in [0.3, 0.4) is 0 Å². The molecule has 3 rings (SSSR count). The lowest BCUT2D eigenvalue weighted by Gasteiger charge is -2.41. The number of aliphatic carboxylic acids is 1. The summed E-state index contributed by atoms with van der Waals surface area (Å²) in [6, 6.07) is -0.0792. The van der Waals surface area contributed by atoms with Gasteiger partial charge in [0.1, 0.15) is 11.1 Å². The molecular weight excluding hydrogens is 296 g/mol. The summed E-state index contributed by atoms with van der Waals surface area (Å²) < 4.78 is 0. The Bertz CT molecular complexity index is 547. The Kier molecular flexibility index (Phi) is 3.66. The molecule has 0 saturated carbocycles. The molecule has 114 valence electrons. The summed E-state index contributed by atoms with van der Waals surface area (Å²) in [6.45, 7) is -0.270. The minimum absolute atomic E-state index is 0.0134. The molecule has 2 amide bonds. The molecule has 0 spiro atoms. The third kappa shape index (κ3) is 2.32. The van der Waals surface area contributed by atoms with E-state index in [1.807, 2.05) is 0 Å². The maximum Gasteiger partial charge on any atom is 0.353 e. The van der Waals surface area contributed by atoms with Crippen LogP contribution in [0, 0.1) is 5.92 Å². The van der Waals surface area contributed by atoms with Gasteiger partial charge in [0.15, 0.2) is 0 Å². The average Bonchev–Trinajstić information content (AvgIpc) is 2.74. The Labute approximate surface area is 125 Å². The molecule has 0 unspecified atom stereocenters. The highest BCUT2D eigenvalue weighted by molar-refractivity contribution is 8.04. The molecule has 0 aromatic heterocycles. The predicted molar refractivity (Wildman–Crippen MR) is 73.9 cm³/mol. The second-order valence-electron chi connectivity index (χ2n) is 5.44. The van der Waals surface area contributed by atoms with Gasteiger partial charge in [-0.1, -0.05) is 0 Å². The highest BCUT2D eigenvalue weighted by Gasteiger charge is 2.55. The summed E-state index contributed by atoms with van der Waals surface area (Å²) >= 11 is 1.32. The number of aliphatic hydroxyl groups is 1. The van der Waals surface area contributed by atoms with E-state index in [9.17, 15) is 24.6 Å². The van der Waals surface area contributed by atoms with Crippen LogP contribution in [0.1, 0.15) is 25.7 Å². The molecule has 21 heavy (non-hydrogen) atoms. The van der Waals surface area contributed by atoms with Gasteiger partial charge in [0.05, 0.1) is 12.5 Å². The van der Waals surface area contributed by atoms with Crippen molar-refractivity contribution in [1.29, 1.82) is 0 Å². The van der Waals surface area contributed by atoms with Gasteiger partial charge in [-0.25, -0.2) is 4.79 Å². The number of rotatable bonds is 4. The minimum atomic E-state index is -1.13. The SMILES string of the molecule is O=C1CCC[C@H](CC2=C(C(=O)O)N3C(=O)[C@H](CO)[C@H]3S2)N1. The zero-order valence-electron chi connectivity index (χ0n) is 11.2. The van der Waals surface area contributed by atoms with Crippen molar-refractivity contribution < 1.29 is 24.6 Å². The molecule has 0 aromatic rings. The first-order valence-electron chi connectivity index (χ1n) is 6.89. The van der Waals surface area contributed by atoms with Gasteiger partial charge in [-0.15, -0.1) is 11.8 Å². The fourth-order valence-corrected chi connectivity index (χ4v) is 4.59. The van der Waals surface area contributed by atoms with E-state index in [0.29, 0.717) is 17.7 Å². The van der Waals surface area contributed by atoms with Crippen LogP contribution in [0.4, 0.5) is 0 Å². The fraction of sp³-hybridized carbons (Fsp3) is 0.615. The number of nitrogens with one attached hydrogen (secondary N) is 1. The molecule has 0 aliphatic carbocycles. The molecule has 3 atom stereocenters. The predicted octanol–water partition coefficient (Wildman–Crippen LogP) is -0.135. The van der Waals surface area contributed by atoms with E-state index in [-0.39, 0.29) is 35.5 Å². The number of carboxylic acid groups (broad SMARTS) is 1. The molecule has 3 aliphatic rings. The Balaban J connectivity index is 1.79. The number of thioether (sulfide) groups is 1. The largest absolute Gasteiger partial charge is 0.477 e. The van der Waals surface area contributed by atoms with Crippen molar-refractivity contribution in [3.63, 3.8) is 0 Å². The Hall–Kier alpha value is -1.54. The van der Waals surface area contributed by atoms with E-state index in [0.717, 1.165) is 12.8 Å². The molecule has 2 fully saturated rings. The van der Waals surface area contributed by atoms with Crippen molar-refractivity contribution >= 4 is 29.5 Å². The van der Waals surface area contributed by atoms with Crippen molar-refractivity contribution in [3.8, 4) is 0 Å². The van der Waals surface area contributed by atoms with Gasteiger partial charge in [0, 0.05) is 23.8 Å². The zero-order valence-corrected chi connectivity index (χ0v) is 12.1. The van der Waals surface area contributed by atoms with E-state index in [2.05, 4.69) is 5.32 Å². The summed E-state index contributed by atoms with van der Waals surface area (Å²) in [6.07, 6.45) is 2.54. The zero-order chi connectivity index (χ0) is 15.1. The van der Waals surface area contributed by atoms with Gasteiger partial charge in [-0.05, 0) is 12.8 Å². The normalized spacial score (nSPS) is 31.9. The van der Waals surface area contributed by atoms with E-state index in [1.54, 1.807) is 0 Å². The van der Waals surface area contributed by atoms with Crippen molar-refractivity contribution in [1.82, 2.24) is 10.2 Å². The lowest BCUT2D eigenvalue weighted by molar-refractivity contribution is -0.153. The number of nitrogens with zero attached hydrogens (tertiary/aromatic N) is 1. The van der Waals surface area contributed by atoms with Crippen LogP contribution in [0.15, 0.2) is 10.6 Å². The van der Waals surface area contributed by atoms with Gasteiger partial charge < -0.3 is 15.5 Å². The first-order chi connectivity index (χ1) is 10.0. The topological polar surface area (TPSA) is 107 Å². The molecule has 0 bridgehead atoms. The summed E-state index contributed by atoms with van der Waals surface area (Å²) in [5.41, 5.74) is 0.0134. The third-order valence-electron chi connectivity index (χ3n) is 4.07. The number of fused-ring (bicyclic) bond motifs is 1. The first-order valence-corrected chi connectivity index (χ1v) is 7.77. The first kappa shape index (κ1) is 14.4. The molecule has 3 heterocycles. The average molecular weight is 312 g/mol. The van der Waals surface area contributed by atoms with Gasteiger partial charge in [0.25, 0.3) is 0 Å². The molecular formula is C13H16N2O5S. The molecule has 8 heteroatoms. The van der Waals surface area contributed by atoms with Crippen molar-refractivity contribution in [3.05, 3.63) is 10.6 Å². The van der Waals surface area contributed by atoms with Crippen molar-refractivity contribution in [2.45, 2.75) is 37.1 Å². The maximum absolute atomic E-state index is 11.9. The van der Waals surface area contributed by atoms with Crippen LogP contribution < -0.4 is 5.32 Å². The second kappa shape index (κ2) is 5.34. The van der Waals surface area contributed by atoms with Crippen LogP contribution in [0.25, 0.3) is 0 Å². The maximum atomic E-state index is 11.9. The number of amides is 2. The fourth-order valence-electron chi connectivity index (χ4n) is 3.03. The standard InChI is InChI=1S/C13H16N2O5S/c16-5-7-11(18)15-10(13(19)20)8(21-12(7)15)4-6-2-1-3-9(17)14-6/h6-7,12,16H,1-5H2,(H,14,17)(H,19,20)/t6-,7+,12-/m1/s1. The molecule has 2 saturated heterocycles. The van der Waals surface area contributed by atoms with E-state index in [4.69, 9.17) is 0 Å². The number of β-lactam (4-membered cyclic amide) rings is 1. The monoisotopic (exact) mass is 312 g/mol. The summed E-state index contributed by atoms with van der Waals surface area (Å²) in [5, 5.41) is 21.1. The number of aliphatic hydroxyl groups excluding tert-OH is 1. The number of piperidine rings is 1. The number of hydrogen-bond acceptors (Lipinski definition) is 5. The van der Waals surface area contributed by atoms with Gasteiger partial charge >= 0.3 is 5.97 Å². The van der Waals surface area contributed by atoms with Crippen molar-refractivity contribution in [2.24, 2.45) is 5.92 Å². The van der Waals surface area contributed by atoms with Gasteiger partial charge in [-0.3, -0.25) is 14.5 Å². The lowest BCUT2D eigenvalue weighted by Crippen LogP contribution is -2.58. The van der Waals surface area contributed by atoms with Crippen LogP contribution in [-0.2, 0) is 14.4 Å². The number of hydrogen-bond donors (Lipinski definition) is 3. The third-order valence-corrected chi connectivity index (χ3v) is 5.50. The minimum Gasteiger partial charge on any atom is -0.477 e. The molecule has 3 N–H and O–H groups in total. The highest BCUT2D eigenvalue weighted by atomic mass is 32.2. The van der Waals surface area contributed by atoms with Crippen LogP contribution in [0.2, 0.25) is 0 Å². The Morgan fingerprint density at radius 1 is 1.43 bits per heavy atom. The van der Waals surface area contributed by atoms with E-state index in [1.165, 1.54) is 16.7 Å². The van der Waals surface area contributed by atoms with Crippen LogP contribution in [0.5, 0.6) is 0 Å². The van der Waals surface area contributed by atoms with Gasteiger partial charge in [0.2, 0.25) is 11.8 Å². The molecule has 3 aliphatic heterocycles. The number of carboxylic acids is 1. The van der Waals surface area contributed by atoms with E-state index < -0.39 is 11.9 Å². The summed E-state index contributed by atoms with van der Waals surface area (Å²) in [7, 11) is 0. The lowest BCUT2D eigenvalue weighted by atomic mass is 9.97. The summed E-state index contributed by atoms with van der Waals surface area (Å²) in [5.74, 6) is -2.01. The smallest absolute Gasteiger partial charge is 0.353 e. The van der Waals surface area contributed by atoms with E-state index >= 15 is 0 Å². The Morgan fingerprint density at radius 2 is 2.19 bits per heavy atom. The Morgan fingerprint density at radius 3 is 2.81 bits per heavy atom. The highest BCUT2D eigenvalue weighted by Crippen LogP contribution is 2.50. The quantitative estimate of drug-likeness (QED) is 0.624. The van der Waals surface area contributed by atoms with Crippen molar-refractivity contribution in [2.75, 3.05) is 6.61 Å². The molecule has 0 aromatic carbocycles. The molecule has 7 nitrogen and oxygen atoms in total. The molecule has 0 radical (unpaired) electrons. The van der Waals surface area contributed by atoms with Crippen LogP contribution in [-0.4, -0.2) is 50.9 Å². The van der Waals surface area contributed by atoms with Crippen LogP contribution >= 0.6 is 11.8 Å². The van der Waals surface area contributed by atoms with Gasteiger partial charge in [-0.2, -0.15) is 0 Å². The second-order valence-corrected chi connectivity index (χ2v) is 6.65. The summed E-state index contributed by atoms with van der Waals surface area (Å²) in [4.78, 5) is 36.6. The number of carbonyl (C=O) groups excluding carboxylic acids is 2.